The van der Waals surface area contributed by atoms with Crippen molar-refractivity contribution in [2.24, 2.45) is 5.73 Å². The molecule has 0 spiro atoms. The zero-order valence-electron chi connectivity index (χ0n) is 15.3. The number of hydrogen-bond donors (Lipinski definition) is 1. The molecule has 2 N–H and O–H groups in total. The fourth-order valence-corrected chi connectivity index (χ4v) is 2.89. The van der Waals surface area contributed by atoms with E-state index in [2.05, 4.69) is 26.0 Å². The molecule has 0 amide bonds. The molecule has 8 heteroatoms. The Labute approximate surface area is 170 Å². The first kappa shape index (κ1) is 19.9. The summed E-state index contributed by atoms with van der Waals surface area (Å²) in [6.45, 7) is 2.32. The first-order chi connectivity index (χ1) is 13.5. The Morgan fingerprint density at radius 3 is 2.68 bits per heavy atom. The van der Waals surface area contributed by atoms with Crippen LogP contribution in [0, 0.1) is 6.92 Å². The van der Waals surface area contributed by atoms with Gasteiger partial charge in [0.05, 0.1) is 11.9 Å². The van der Waals surface area contributed by atoms with Crippen molar-refractivity contribution in [3.05, 3.63) is 86.0 Å². The zero-order chi connectivity index (χ0) is 20.1. The minimum absolute atomic E-state index is 0.143. The van der Waals surface area contributed by atoms with Gasteiger partial charge in [0.15, 0.2) is 5.78 Å². The number of carbonyl (C=O) groups is 1. The lowest BCUT2D eigenvalue weighted by Gasteiger charge is -2.09. The predicted octanol–water partition coefficient (Wildman–Crippen LogP) is 2.63. The minimum Gasteiger partial charge on any atom is -0.485 e. The lowest BCUT2D eigenvalue weighted by Crippen LogP contribution is -2.26. The molecule has 0 unspecified atom stereocenters. The number of rotatable bonds is 7. The molecule has 3 rings (SSSR count). The molecule has 0 aliphatic rings. The summed E-state index contributed by atoms with van der Waals surface area (Å²) in [5, 5.41) is 4.04. The molecule has 0 aliphatic heterocycles. The molecule has 0 saturated heterocycles. The van der Waals surface area contributed by atoms with Crippen LogP contribution in [-0.2, 0) is 19.7 Å². The van der Waals surface area contributed by atoms with Gasteiger partial charge < -0.3 is 10.5 Å². The van der Waals surface area contributed by atoms with Crippen LogP contribution < -0.4 is 16.0 Å². The number of Topliss-reactive ketones (excluding diaryl/α,β-unsaturated/α-hetero) is 1. The van der Waals surface area contributed by atoms with Crippen molar-refractivity contribution in [3.63, 3.8) is 0 Å². The Balaban J connectivity index is 1.67. The third-order valence-electron chi connectivity index (χ3n) is 4.14. The van der Waals surface area contributed by atoms with Crippen LogP contribution in [-0.4, -0.2) is 20.5 Å². The molecule has 2 heterocycles. The van der Waals surface area contributed by atoms with Crippen molar-refractivity contribution >= 4 is 21.7 Å². The van der Waals surface area contributed by atoms with E-state index < -0.39 is 5.56 Å². The molecule has 144 valence electrons. The lowest BCUT2D eigenvalue weighted by molar-refractivity contribution is 0.0964. The quantitative estimate of drug-likeness (QED) is 0.564. The smallest absolute Gasteiger partial charge is 0.270 e. The van der Waals surface area contributed by atoms with Gasteiger partial charge in [-0.25, -0.2) is 4.68 Å². The number of ketones is 1. The molecule has 3 aromatic rings. The van der Waals surface area contributed by atoms with Gasteiger partial charge in [-0.1, -0.05) is 18.2 Å². The molecule has 1 aromatic carbocycles. The summed E-state index contributed by atoms with van der Waals surface area (Å²) in [5.41, 5.74) is 8.24. The van der Waals surface area contributed by atoms with E-state index in [9.17, 15) is 9.59 Å². The van der Waals surface area contributed by atoms with Gasteiger partial charge in [0.25, 0.3) is 5.56 Å². The van der Waals surface area contributed by atoms with E-state index in [0.29, 0.717) is 17.9 Å². The Kier molecular flexibility index (Phi) is 6.33. The van der Waals surface area contributed by atoms with Crippen LogP contribution >= 0.6 is 15.9 Å². The van der Waals surface area contributed by atoms with E-state index in [4.69, 9.17) is 10.5 Å². The molecule has 0 atom stereocenters. The SMILES string of the molecule is Cc1cc(CN)ccc1C(=O)Cn1ncc(OCc2ccc(Br)cn2)cc1=O. The van der Waals surface area contributed by atoms with Gasteiger partial charge in [0.2, 0.25) is 0 Å². The Bertz CT molecular complexity index is 1050. The van der Waals surface area contributed by atoms with Gasteiger partial charge in [-0.3, -0.25) is 14.6 Å². The number of pyridine rings is 1. The number of nitrogens with two attached hydrogens (primary N) is 1. The second kappa shape index (κ2) is 8.90. The van der Waals surface area contributed by atoms with E-state index in [1.54, 1.807) is 12.3 Å². The van der Waals surface area contributed by atoms with E-state index in [-0.39, 0.29) is 18.9 Å². The fourth-order valence-electron chi connectivity index (χ4n) is 2.65. The van der Waals surface area contributed by atoms with Crippen LogP contribution in [0.25, 0.3) is 0 Å². The predicted molar refractivity (Wildman–Crippen MR) is 108 cm³/mol. The Morgan fingerprint density at radius 2 is 2.04 bits per heavy atom. The topological polar surface area (TPSA) is 100 Å². The summed E-state index contributed by atoms with van der Waals surface area (Å²) < 4.78 is 7.54. The van der Waals surface area contributed by atoms with Gasteiger partial charge >= 0.3 is 0 Å². The monoisotopic (exact) mass is 442 g/mol. The highest BCUT2D eigenvalue weighted by molar-refractivity contribution is 9.10. The van der Waals surface area contributed by atoms with Crippen molar-refractivity contribution < 1.29 is 9.53 Å². The maximum absolute atomic E-state index is 12.5. The van der Waals surface area contributed by atoms with Gasteiger partial charge in [-0.05, 0) is 46.1 Å². The second-order valence-corrected chi connectivity index (χ2v) is 7.14. The number of carbonyl (C=O) groups excluding carboxylic acids is 1. The highest BCUT2D eigenvalue weighted by Gasteiger charge is 2.12. The lowest BCUT2D eigenvalue weighted by atomic mass is 10.0. The molecule has 7 nitrogen and oxygen atoms in total. The number of aryl methyl sites for hydroxylation is 1. The largest absolute Gasteiger partial charge is 0.485 e. The molecular formula is C20H19BrN4O3. The van der Waals surface area contributed by atoms with Gasteiger partial charge in [0, 0.05) is 28.8 Å². The number of halogens is 1. The molecule has 0 radical (unpaired) electrons. The van der Waals surface area contributed by atoms with Gasteiger partial charge in [0.1, 0.15) is 18.9 Å². The van der Waals surface area contributed by atoms with Crippen LogP contribution in [0.4, 0.5) is 0 Å². The first-order valence-corrected chi connectivity index (χ1v) is 9.39. The van der Waals surface area contributed by atoms with Crippen LogP contribution in [0.15, 0.2) is 58.1 Å². The van der Waals surface area contributed by atoms with E-state index in [1.165, 1.54) is 12.3 Å². The van der Waals surface area contributed by atoms with E-state index in [1.807, 2.05) is 31.2 Å². The van der Waals surface area contributed by atoms with Crippen LogP contribution in [0.1, 0.15) is 27.2 Å². The normalized spacial score (nSPS) is 10.7. The summed E-state index contributed by atoms with van der Waals surface area (Å²) in [7, 11) is 0. The van der Waals surface area contributed by atoms with Gasteiger partial charge in [-0.2, -0.15) is 5.10 Å². The average Bonchev–Trinajstić information content (AvgIpc) is 2.69. The third-order valence-corrected chi connectivity index (χ3v) is 4.61. The number of ether oxygens (including phenoxy) is 1. The standard InChI is InChI=1S/C20H19BrN4O3/c1-13-6-14(8-22)2-5-18(13)19(26)11-25-20(27)7-17(10-24-25)28-12-16-4-3-15(21)9-23-16/h2-7,9-10H,8,11-12,22H2,1H3. The number of benzene rings is 1. The number of nitrogens with zero attached hydrogens (tertiary/aromatic N) is 3. The van der Waals surface area contributed by atoms with E-state index in [0.717, 1.165) is 26.0 Å². The first-order valence-electron chi connectivity index (χ1n) is 8.59. The molecule has 0 bridgehead atoms. The van der Waals surface area contributed by atoms with Crippen molar-refractivity contribution in [3.8, 4) is 5.75 Å². The highest BCUT2D eigenvalue weighted by Crippen LogP contribution is 2.13. The summed E-state index contributed by atoms with van der Waals surface area (Å²) in [5.74, 6) is 0.130. The van der Waals surface area contributed by atoms with E-state index >= 15 is 0 Å². The third kappa shape index (κ3) is 4.90. The molecule has 0 saturated carbocycles. The molecule has 0 fully saturated rings. The molecule has 0 aliphatic carbocycles. The summed E-state index contributed by atoms with van der Waals surface area (Å²) in [4.78, 5) is 29.0. The molecule has 28 heavy (non-hydrogen) atoms. The summed E-state index contributed by atoms with van der Waals surface area (Å²) in [6.07, 6.45) is 3.08. The number of aromatic nitrogens is 3. The molecular weight excluding hydrogens is 424 g/mol. The Morgan fingerprint density at radius 1 is 1.21 bits per heavy atom. The number of hydrogen-bond acceptors (Lipinski definition) is 6. The fraction of sp³-hybridized carbons (Fsp3) is 0.200. The highest BCUT2D eigenvalue weighted by atomic mass is 79.9. The van der Waals surface area contributed by atoms with Crippen LogP contribution in [0.5, 0.6) is 5.75 Å². The second-order valence-electron chi connectivity index (χ2n) is 6.22. The Hall–Kier alpha value is -2.84. The molecule has 2 aromatic heterocycles. The van der Waals surface area contributed by atoms with Crippen molar-refractivity contribution in [1.82, 2.24) is 14.8 Å². The van der Waals surface area contributed by atoms with Crippen LogP contribution in [0.3, 0.4) is 0 Å². The zero-order valence-corrected chi connectivity index (χ0v) is 16.8. The van der Waals surface area contributed by atoms with Gasteiger partial charge in [-0.15, -0.1) is 0 Å². The minimum atomic E-state index is -0.411. The van der Waals surface area contributed by atoms with Crippen molar-refractivity contribution in [2.75, 3.05) is 0 Å². The summed E-state index contributed by atoms with van der Waals surface area (Å²) >= 11 is 3.32. The van der Waals surface area contributed by atoms with Crippen molar-refractivity contribution in [2.45, 2.75) is 26.6 Å². The maximum Gasteiger partial charge on any atom is 0.270 e. The average molecular weight is 443 g/mol. The summed E-state index contributed by atoms with van der Waals surface area (Å²) in [6, 6.07) is 10.4. The van der Waals surface area contributed by atoms with Crippen molar-refractivity contribution in [1.29, 1.82) is 0 Å². The maximum atomic E-state index is 12.5. The van der Waals surface area contributed by atoms with Crippen LogP contribution in [0.2, 0.25) is 0 Å².